The zero-order chi connectivity index (χ0) is 13.8. The Kier molecular flexibility index (Phi) is 5.46. The first-order valence-electron chi connectivity index (χ1n) is 5.33. The number of rotatable bonds is 6. The third kappa shape index (κ3) is 3.61. The lowest BCUT2D eigenvalue weighted by molar-refractivity contribution is 0.218. The third-order valence-electron chi connectivity index (χ3n) is 2.31. The number of anilines is 1. The average molecular weight is 290 g/mol. The summed E-state index contributed by atoms with van der Waals surface area (Å²) in [5, 5.41) is 0. The van der Waals surface area contributed by atoms with Crippen molar-refractivity contribution < 1.29 is 13.2 Å². The van der Waals surface area contributed by atoms with E-state index in [1.165, 1.54) is 36.2 Å². The number of thioether (sulfide) groups is 1. The Balaban J connectivity index is 3.01. The second-order valence-electron chi connectivity index (χ2n) is 3.83. The molecule has 0 radical (unpaired) electrons. The third-order valence-corrected chi connectivity index (χ3v) is 5.16. The SMILES string of the molecule is COCCSc1cc(S(=O)(=O)N(C)C)ccc1N. The normalized spacial score (nSPS) is 12.0. The molecule has 0 saturated carbocycles. The van der Waals surface area contributed by atoms with E-state index in [1.54, 1.807) is 19.2 Å². The van der Waals surface area contributed by atoms with Crippen LogP contribution in [0.25, 0.3) is 0 Å². The first-order chi connectivity index (χ1) is 8.39. The van der Waals surface area contributed by atoms with E-state index >= 15 is 0 Å². The van der Waals surface area contributed by atoms with Crippen molar-refractivity contribution in [3.63, 3.8) is 0 Å². The number of ether oxygens (including phenoxy) is 1. The summed E-state index contributed by atoms with van der Waals surface area (Å²) in [5.41, 5.74) is 6.40. The lowest BCUT2D eigenvalue weighted by Gasteiger charge is -2.13. The standard InChI is InChI=1S/C11H18N2O3S2/c1-13(2)18(14,15)9-4-5-10(12)11(8-9)17-7-6-16-3/h4-5,8H,6-7,12H2,1-3H3. The zero-order valence-corrected chi connectivity index (χ0v) is 12.3. The van der Waals surface area contributed by atoms with Crippen LogP contribution in [0.3, 0.4) is 0 Å². The Bertz CT molecular complexity index is 501. The van der Waals surface area contributed by atoms with Crippen LogP contribution in [-0.4, -0.2) is 46.3 Å². The molecule has 2 N–H and O–H groups in total. The summed E-state index contributed by atoms with van der Waals surface area (Å²) in [6.45, 7) is 0.592. The fourth-order valence-electron chi connectivity index (χ4n) is 1.25. The predicted octanol–water partition coefficient (Wildman–Crippen LogP) is 1.26. The van der Waals surface area contributed by atoms with Crippen molar-refractivity contribution in [1.29, 1.82) is 0 Å². The molecule has 0 unspecified atom stereocenters. The van der Waals surface area contributed by atoms with E-state index in [0.717, 1.165) is 10.6 Å². The molecule has 0 saturated heterocycles. The van der Waals surface area contributed by atoms with Gasteiger partial charge in [0.05, 0.1) is 11.5 Å². The van der Waals surface area contributed by atoms with Gasteiger partial charge >= 0.3 is 0 Å². The van der Waals surface area contributed by atoms with Crippen LogP contribution in [0.15, 0.2) is 28.0 Å². The predicted molar refractivity (Wildman–Crippen MR) is 74.3 cm³/mol. The molecule has 0 aliphatic carbocycles. The molecule has 1 aromatic rings. The van der Waals surface area contributed by atoms with Crippen molar-refractivity contribution >= 4 is 27.5 Å². The minimum Gasteiger partial charge on any atom is -0.398 e. The molecule has 0 aromatic heterocycles. The maximum absolute atomic E-state index is 12.0. The molecule has 0 bridgehead atoms. The number of sulfonamides is 1. The minimum absolute atomic E-state index is 0.251. The molecular formula is C11H18N2O3S2. The fraction of sp³-hybridized carbons (Fsp3) is 0.455. The Labute approximate surface area is 112 Å². The van der Waals surface area contributed by atoms with Gasteiger partial charge in [-0.25, -0.2) is 12.7 Å². The van der Waals surface area contributed by atoms with Crippen LogP contribution in [-0.2, 0) is 14.8 Å². The van der Waals surface area contributed by atoms with Gasteiger partial charge in [-0.1, -0.05) is 0 Å². The van der Waals surface area contributed by atoms with Gasteiger partial charge in [0.2, 0.25) is 10.0 Å². The van der Waals surface area contributed by atoms with Crippen molar-refractivity contribution in [3.8, 4) is 0 Å². The van der Waals surface area contributed by atoms with E-state index in [0.29, 0.717) is 12.3 Å². The van der Waals surface area contributed by atoms with E-state index in [9.17, 15) is 8.42 Å². The van der Waals surface area contributed by atoms with Gasteiger partial charge in [-0.2, -0.15) is 0 Å². The lowest BCUT2D eigenvalue weighted by Crippen LogP contribution is -2.22. The molecule has 7 heteroatoms. The van der Waals surface area contributed by atoms with E-state index < -0.39 is 10.0 Å². The summed E-state index contributed by atoms with van der Waals surface area (Å²) in [5.74, 6) is 0.728. The van der Waals surface area contributed by atoms with Crippen molar-refractivity contribution in [2.24, 2.45) is 0 Å². The minimum atomic E-state index is -3.41. The van der Waals surface area contributed by atoms with E-state index in [4.69, 9.17) is 10.5 Å². The van der Waals surface area contributed by atoms with Crippen molar-refractivity contribution in [1.82, 2.24) is 4.31 Å². The highest BCUT2D eigenvalue weighted by molar-refractivity contribution is 7.99. The first kappa shape index (κ1) is 15.3. The van der Waals surface area contributed by atoms with Crippen LogP contribution in [0.2, 0.25) is 0 Å². The van der Waals surface area contributed by atoms with Crippen LogP contribution in [0.4, 0.5) is 5.69 Å². The molecule has 5 nitrogen and oxygen atoms in total. The van der Waals surface area contributed by atoms with Gasteiger partial charge in [-0.3, -0.25) is 0 Å². The molecule has 0 spiro atoms. The zero-order valence-electron chi connectivity index (χ0n) is 10.7. The number of hydrogen-bond acceptors (Lipinski definition) is 5. The summed E-state index contributed by atoms with van der Waals surface area (Å²) in [4.78, 5) is 1.01. The van der Waals surface area contributed by atoms with E-state index in [-0.39, 0.29) is 4.90 Å². The molecule has 0 aliphatic rings. The summed E-state index contributed by atoms with van der Waals surface area (Å²) < 4.78 is 30.1. The molecule has 0 atom stereocenters. The molecule has 0 fully saturated rings. The number of nitrogens with two attached hydrogens (primary N) is 1. The van der Waals surface area contributed by atoms with Gasteiger partial charge in [0.1, 0.15) is 0 Å². The maximum Gasteiger partial charge on any atom is 0.242 e. The maximum atomic E-state index is 12.0. The molecular weight excluding hydrogens is 272 g/mol. The quantitative estimate of drug-likeness (QED) is 0.485. The lowest BCUT2D eigenvalue weighted by atomic mass is 10.3. The molecule has 18 heavy (non-hydrogen) atoms. The molecule has 0 heterocycles. The van der Waals surface area contributed by atoms with Gasteiger partial charge < -0.3 is 10.5 Å². The largest absolute Gasteiger partial charge is 0.398 e. The highest BCUT2D eigenvalue weighted by Crippen LogP contribution is 2.28. The first-order valence-corrected chi connectivity index (χ1v) is 7.76. The summed E-state index contributed by atoms with van der Waals surface area (Å²) in [6.07, 6.45) is 0. The van der Waals surface area contributed by atoms with Gasteiger partial charge in [-0.05, 0) is 18.2 Å². The van der Waals surface area contributed by atoms with Crippen LogP contribution in [0.5, 0.6) is 0 Å². The molecule has 0 aliphatic heterocycles. The van der Waals surface area contributed by atoms with Gasteiger partial charge in [-0.15, -0.1) is 11.8 Å². The monoisotopic (exact) mass is 290 g/mol. The van der Waals surface area contributed by atoms with Gasteiger partial charge in [0, 0.05) is 37.5 Å². The Hall–Kier alpha value is -0.760. The highest BCUT2D eigenvalue weighted by Gasteiger charge is 2.18. The van der Waals surface area contributed by atoms with E-state index in [2.05, 4.69) is 0 Å². The summed E-state index contributed by atoms with van der Waals surface area (Å²) in [6, 6.07) is 4.74. The Morgan fingerprint density at radius 2 is 2.06 bits per heavy atom. The van der Waals surface area contributed by atoms with Crippen molar-refractivity contribution in [2.75, 3.05) is 39.3 Å². The summed E-state index contributed by atoms with van der Waals surface area (Å²) in [7, 11) is 1.22. The van der Waals surface area contributed by atoms with Crippen LogP contribution < -0.4 is 5.73 Å². The Morgan fingerprint density at radius 1 is 1.39 bits per heavy atom. The second kappa shape index (κ2) is 6.42. The average Bonchev–Trinajstić information content (AvgIpc) is 2.31. The van der Waals surface area contributed by atoms with Gasteiger partial charge in [0.25, 0.3) is 0 Å². The van der Waals surface area contributed by atoms with Crippen LogP contribution >= 0.6 is 11.8 Å². The number of methoxy groups -OCH3 is 1. The Morgan fingerprint density at radius 3 is 2.61 bits per heavy atom. The number of nitrogens with zero attached hydrogens (tertiary/aromatic N) is 1. The fourth-order valence-corrected chi connectivity index (χ4v) is 3.16. The molecule has 1 aromatic carbocycles. The molecule has 102 valence electrons. The topological polar surface area (TPSA) is 72.6 Å². The van der Waals surface area contributed by atoms with Crippen LogP contribution in [0, 0.1) is 0 Å². The van der Waals surface area contributed by atoms with Crippen molar-refractivity contribution in [3.05, 3.63) is 18.2 Å². The smallest absolute Gasteiger partial charge is 0.242 e. The van der Waals surface area contributed by atoms with Crippen molar-refractivity contribution in [2.45, 2.75) is 9.79 Å². The number of hydrogen-bond donors (Lipinski definition) is 1. The molecule has 0 amide bonds. The number of nitrogen functional groups attached to an aromatic ring is 1. The van der Waals surface area contributed by atoms with Gasteiger partial charge in [0.15, 0.2) is 0 Å². The van der Waals surface area contributed by atoms with E-state index in [1.807, 2.05) is 0 Å². The second-order valence-corrected chi connectivity index (χ2v) is 7.12. The van der Waals surface area contributed by atoms with Crippen LogP contribution in [0.1, 0.15) is 0 Å². The summed E-state index contributed by atoms with van der Waals surface area (Å²) >= 11 is 1.48. The number of benzene rings is 1. The molecule has 1 rings (SSSR count). The highest BCUT2D eigenvalue weighted by atomic mass is 32.2.